The van der Waals surface area contributed by atoms with E-state index >= 15 is 0 Å². The van der Waals surface area contributed by atoms with Crippen molar-refractivity contribution in [2.75, 3.05) is 26.2 Å². The van der Waals surface area contributed by atoms with Crippen molar-refractivity contribution in [2.24, 2.45) is 5.92 Å². The first-order valence-corrected chi connectivity index (χ1v) is 15.2. The molecule has 10 heteroatoms. The molecule has 8 nitrogen and oxygen atoms in total. The first-order valence-electron chi connectivity index (χ1n) is 14.0. The number of amides is 3. The van der Waals surface area contributed by atoms with Crippen molar-refractivity contribution >= 4 is 50.9 Å². The van der Waals surface area contributed by atoms with E-state index in [9.17, 15) is 14.4 Å². The van der Waals surface area contributed by atoms with Crippen LogP contribution < -0.4 is 16.0 Å². The molecule has 0 radical (unpaired) electrons. The van der Waals surface area contributed by atoms with Gasteiger partial charge >= 0.3 is 0 Å². The number of hydrogen-bond acceptors (Lipinski definition) is 6. The summed E-state index contributed by atoms with van der Waals surface area (Å²) in [5, 5.41) is 10.4. The Kier molecular flexibility index (Phi) is 10.9. The number of carbonyl (C=O) groups is 3. The van der Waals surface area contributed by atoms with Gasteiger partial charge in [0.1, 0.15) is 6.04 Å². The second-order valence-corrected chi connectivity index (χ2v) is 12.0. The Morgan fingerprint density at radius 2 is 1.77 bits per heavy atom. The van der Waals surface area contributed by atoms with Gasteiger partial charge in [-0.1, -0.05) is 55.8 Å². The predicted molar refractivity (Wildman–Crippen MR) is 160 cm³/mol. The largest absolute Gasteiger partial charge is 0.354 e. The molecule has 3 aromatic rings. The van der Waals surface area contributed by atoms with Crippen LogP contribution >= 0.6 is 22.9 Å². The molecule has 0 bridgehead atoms. The van der Waals surface area contributed by atoms with Crippen LogP contribution in [0.25, 0.3) is 10.2 Å². The average molecular weight is 584 g/mol. The fraction of sp³-hybridized carbons (Fsp3) is 0.467. The minimum absolute atomic E-state index is 0.0248. The van der Waals surface area contributed by atoms with Gasteiger partial charge in [-0.15, -0.1) is 11.3 Å². The molecule has 2 aromatic carbocycles. The summed E-state index contributed by atoms with van der Waals surface area (Å²) in [4.78, 5) is 45.8. The Morgan fingerprint density at radius 1 is 1.02 bits per heavy atom. The lowest BCUT2D eigenvalue weighted by atomic mass is 10.0. The third-order valence-corrected chi connectivity index (χ3v) is 8.39. The Balaban J connectivity index is 1.45. The molecule has 1 aliphatic heterocycles. The highest BCUT2D eigenvalue weighted by Crippen LogP contribution is 2.26. The number of nitrogens with one attached hydrogen (secondary N) is 3. The number of carbonyl (C=O) groups excluding carboxylic acids is 3. The molecule has 2 unspecified atom stereocenters. The van der Waals surface area contributed by atoms with Crippen molar-refractivity contribution in [3.05, 3.63) is 64.1 Å². The number of hydrogen-bond donors (Lipinski definition) is 3. The number of halogens is 1. The van der Waals surface area contributed by atoms with E-state index in [1.165, 1.54) is 24.2 Å². The molecule has 3 N–H and O–H groups in total. The van der Waals surface area contributed by atoms with E-state index in [1.807, 2.05) is 49.4 Å². The van der Waals surface area contributed by atoms with E-state index in [0.717, 1.165) is 40.4 Å². The van der Waals surface area contributed by atoms with Crippen molar-refractivity contribution in [2.45, 2.75) is 58.0 Å². The summed E-state index contributed by atoms with van der Waals surface area (Å²) in [7, 11) is 0. The zero-order valence-corrected chi connectivity index (χ0v) is 24.7. The van der Waals surface area contributed by atoms with Crippen LogP contribution in [0.1, 0.15) is 43.7 Å². The third-order valence-electron chi connectivity index (χ3n) is 7.12. The lowest BCUT2D eigenvalue weighted by molar-refractivity contribution is -0.129. The molecule has 4 rings (SSSR count). The van der Waals surface area contributed by atoms with Gasteiger partial charge in [0.15, 0.2) is 0 Å². The maximum absolute atomic E-state index is 13.6. The lowest BCUT2D eigenvalue weighted by Gasteiger charge is -2.25. The normalized spacial score (nSPS) is 15.9. The van der Waals surface area contributed by atoms with Gasteiger partial charge in [0.05, 0.1) is 21.3 Å². The van der Waals surface area contributed by atoms with Crippen molar-refractivity contribution in [1.82, 2.24) is 25.8 Å². The first kappa shape index (κ1) is 30.0. The van der Waals surface area contributed by atoms with Gasteiger partial charge < -0.3 is 20.9 Å². The molecular formula is C30H38ClN5O3S. The molecule has 1 aromatic heterocycles. The summed E-state index contributed by atoms with van der Waals surface area (Å²) in [5.41, 5.74) is 1.85. The summed E-state index contributed by atoms with van der Waals surface area (Å²) in [6.07, 6.45) is 3.42. The minimum Gasteiger partial charge on any atom is -0.354 e. The quantitative estimate of drug-likeness (QED) is 0.283. The summed E-state index contributed by atoms with van der Waals surface area (Å²) in [6.45, 7) is 6.80. The number of aromatic nitrogens is 1. The van der Waals surface area contributed by atoms with E-state index in [1.54, 1.807) is 13.0 Å². The van der Waals surface area contributed by atoms with E-state index in [0.29, 0.717) is 11.4 Å². The number of rotatable bonds is 13. The van der Waals surface area contributed by atoms with E-state index in [2.05, 4.69) is 25.8 Å². The maximum atomic E-state index is 13.6. The summed E-state index contributed by atoms with van der Waals surface area (Å²) in [5.74, 6) is -0.689. The van der Waals surface area contributed by atoms with Gasteiger partial charge in [0.2, 0.25) is 17.7 Å². The van der Waals surface area contributed by atoms with Gasteiger partial charge in [-0.2, -0.15) is 0 Å². The molecule has 3 atom stereocenters. The molecular weight excluding hydrogens is 546 g/mol. The SMILES string of the molecule is CCC(=O)N[C@@H](Cc1nc2ccc(Cl)cc2s1)C(=O)NC(CNC(=O)C(C)CN1CCCC1)Cc1ccccc1. The fourth-order valence-corrected chi connectivity index (χ4v) is 6.21. The summed E-state index contributed by atoms with van der Waals surface area (Å²) in [6, 6.07) is 14.2. The standard InChI is InChI=1S/C30H38ClN5O3S/c1-3-27(37)34-25(17-28-35-24-12-11-22(31)16-26(24)40-28)30(39)33-23(15-21-9-5-4-6-10-21)18-32-29(38)20(2)19-36-13-7-8-14-36/h4-6,9-12,16,20,23,25H,3,7-8,13-15,17-19H2,1-2H3,(H,32,38)(H,33,39)(H,34,37)/t20?,23?,25-/m0/s1. The molecule has 0 spiro atoms. The number of benzene rings is 2. The van der Waals surface area contributed by atoms with Crippen LogP contribution in [0.5, 0.6) is 0 Å². The van der Waals surface area contributed by atoms with Crippen molar-refractivity contribution in [3.63, 3.8) is 0 Å². The Bertz CT molecular complexity index is 1290. The first-order chi connectivity index (χ1) is 19.3. The molecule has 1 fully saturated rings. The second-order valence-electron chi connectivity index (χ2n) is 10.4. The van der Waals surface area contributed by atoms with Gasteiger partial charge in [0.25, 0.3) is 0 Å². The lowest BCUT2D eigenvalue weighted by Crippen LogP contribution is -2.54. The smallest absolute Gasteiger partial charge is 0.243 e. The van der Waals surface area contributed by atoms with Gasteiger partial charge in [-0.05, 0) is 56.1 Å². The van der Waals surface area contributed by atoms with Gasteiger partial charge in [0, 0.05) is 36.9 Å². The highest BCUT2D eigenvalue weighted by Gasteiger charge is 2.26. The third kappa shape index (κ3) is 8.74. The van der Waals surface area contributed by atoms with Crippen LogP contribution in [0, 0.1) is 5.92 Å². The Hall–Kier alpha value is -3.01. The molecule has 2 heterocycles. The van der Waals surface area contributed by atoms with E-state index < -0.39 is 6.04 Å². The van der Waals surface area contributed by atoms with Crippen LogP contribution in [0.2, 0.25) is 5.02 Å². The summed E-state index contributed by atoms with van der Waals surface area (Å²) < 4.78 is 0.927. The zero-order chi connectivity index (χ0) is 28.5. The number of fused-ring (bicyclic) bond motifs is 1. The monoisotopic (exact) mass is 583 g/mol. The topological polar surface area (TPSA) is 103 Å². The minimum atomic E-state index is -0.799. The molecule has 0 saturated carbocycles. The van der Waals surface area contributed by atoms with Crippen LogP contribution in [0.15, 0.2) is 48.5 Å². The molecule has 40 heavy (non-hydrogen) atoms. The van der Waals surface area contributed by atoms with Gasteiger partial charge in [-0.3, -0.25) is 14.4 Å². The number of likely N-dealkylation sites (tertiary alicyclic amines) is 1. The number of thiazole rings is 1. The highest BCUT2D eigenvalue weighted by atomic mass is 35.5. The molecule has 1 aliphatic rings. The highest BCUT2D eigenvalue weighted by molar-refractivity contribution is 7.18. The van der Waals surface area contributed by atoms with Crippen molar-refractivity contribution < 1.29 is 14.4 Å². The maximum Gasteiger partial charge on any atom is 0.243 e. The van der Waals surface area contributed by atoms with Crippen LogP contribution in [-0.2, 0) is 27.2 Å². The molecule has 3 amide bonds. The van der Waals surface area contributed by atoms with Crippen LogP contribution in [0.3, 0.4) is 0 Å². The summed E-state index contributed by atoms with van der Waals surface area (Å²) >= 11 is 7.59. The average Bonchev–Trinajstić information content (AvgIpc) is 3.60. The fourth-order valence-electron chi connectivity index (χ4n) is 4.92. The van der Waals surface area contributed by atoms with Crippen LogP contribution in [0.4, 0.5) is 0 Å². The number of nitrogens with zero attached hydrogens (tertiary/aromatic N) is 2. The Morgan fingerprint density at radius 3 is 2.50 bits per heavy atom. The molecule has 1 saturated heterocycles. The molecule has 214 valence electrons. The van der Waals surface area contributed by atoms with Crippen molar-refractivity contribution in [3.8, 4) is 0 Å². The zero-order valence-electron chi connectivity index (χ0n) is 23.1. The predicted octanol–water partition coefficient (Wildman–Crippen LogP) is 3.96. The molecule has 0 aliphatic carbocycles. The van der Waals surface area contributed by atoms with Gasteiger partial charge in [-0.25, -0.2) is 4.98 Å². The van der Waals surface area contributed by atoms with Crippen LogP contribution in [-0.4, -0.2) is 65.9 Å². The van der Waals surface area contributed by atoms with Crippen molar-refractivity contribution in [1.29, 1.82) is 0 Å². The van der Waals surface area contributed by atoms with E-state index in [4.69, 9.17) is 11.6 Å². The Labute approximate surface area is 244 Å². The second kappa shape index (κ2) is 14.6. The van der Waals surface area contributed by atoms with E-state index in [-0.39, 0.29) is 49.1 Å².